The van der Waals surface area contributed by atoms with Crippen LogP contribution in [0.15, 0.2) is 205 Å². The normalized spacial score (nSPS) is 11.2. The molecule has 2 nitrogen and oxygen atoms in total. The molecule has 0 aliphatic heterocycles. The highest BCUT2D eigenvalue weighted by Crippen LogP contribution is 2.41. The van der Waals surface area contributed by atoms with Gasteiger partial charge in [-0.1, -0.05) is 146 Å². The smallest absolute Gasteiger partial charge is 0.135 e. The van der Waals surface area contributed by atoms with E-state index in [4.69, 9.17) is 4.42 Å². The summed E-state index contributed by atoms with van der Waals surface area (Å²) >= 11 is 0. The largest absolute Gasteiger partial charge is 0.456 e. The quantitative estimate of drug-likeness (QED) is 0.173. The summed E-state index contributed by atoms with van der Waals surface area (Å²) in [5.41, 5.74) is 12.4. The molecular formula is C48H33NO. The van der Waals surface area contributed by atoms with Crippen LogP contribution in [0.5, 0.6) is 0 Å². The third-order valence-electron chi connectivity index (χ3n) is 9.47. The van der Waals surface area contributed by atoms with E-state index >= 15 is 0 Å². The van der Waals surface area contributed by atoms with Crippen LogP contribution in [0, 0.1) is 0 Å². The Hall–Kier alpha value is -6.64. The summed E-state index contributed by atoms with van der Waals surface area (Å²) in [6.07, 6.45) is 0. The van der Waals surface area contributed by atoms with Crippen LogP contribution >= 0.6 is 0 Å². The molecule has 236 valence electrons. The summed E-state index contributed by atoms with van der Waals surface area (Å²) in [6, 6.07) is 71.1. The van der Waals surface area contributed by atoms with Crippen LogP contribution in [0.2, 0.25) is 0 Å². The lowest BCUT2D eigenvalue weighted by Crippen LogP contribution is -2.10. The topological polar surface area (TPSA) is 16.4 Å². The lowest BCUT2D eigenvalue weighted by molar-refractivity contribution is 0.631. The molecule has 2 heteroatoms. The van der Waals surface area contributed by atoms with Crippen LogP contribution in [0.25, 0.3) is 66.4 Å². The van der Waals surface area contributed by atoms with Crippen molar-refractivity contribution in [3.8, 4) is 44.7 Å². The first-order valence-electron chi connectivity index (χ1n) is 17.0. The van der Waals surface area contributed by atoms with Crippen molar-refractivity contribution >= 4 is 38.8 Å². The zero-order chi connectivity index (χ0) is 33.3. The van der Waals surface area contributed by atoms with Gasteiger partial charge in [0.1, 0.15) is 11.3 Å². The number of anilines is 3. The molecular weight excluding hydrogens is 607 g/mol. The van der Waals surface area contributed by atoms with Gasteiger partial charge in [-0.05, 0) is 93.4 Å². The Labute approximate surface area is 292 Å². The molecule has 1 heterocycles. The second-order valence-electron chi connectivity index (χ2n) is 12.6. The van der Waals surface area contributed by atoms with Crippen molar-refractivity contribution in [2.45, 2.75) is 0 Å². The molecule has 0 N–H and O–H groups in total. The lowest BCUT2D eigenvalue weighted by atomic mass is 9.98. The number of hydrogen-bond donors (Lipinski definition) is 0. The van der Waals surface area contributed by atoms with Gasteiger partial charge in [-0.2, -0.15) is 0 Å². The molecule has 0 bridgehead atoms. The highest BCUT2D eigenvalue weighted by molar-refractivity contribution is 5.99. The van der Waals surface area contributed by atoms with Crippen LogP contribution in [-0.4, -0.2) is 0 Å². The maximum atomic E-state index is 6.18. The van der Waals surface area contributed by atoms with Gasteiger partial charge in [0.15, 0.2) is 0 Å². The molecule has 0 amide bonds. The van der Waals surface area contributed by atoms with E-state index in [1.807, 2.05) is 18.2 Å². The van der Waals surface area contributed by atoms with Gasteiger partial charge in [0.25, 0.3) is 0 Å². The van der Waals surface area contributed by atoms with E-state index in [-0.39, 0.29) is 0 Å². The molecule has 0 spiro atoms. The highest BCUT2D eigenvalue weighted by atomic mass is 16.3. The maximum Gasteiger partial charge on any atom is 0.135 e. The minimum atomic E-state index is 0.877. The third-order valence-corrected chi connectivity index (χ3v) is 9.47. The number of rotatable bonds is 7. The first-order chi connectivity index (χ1) is 24.8. The Morgan fingerprint density at radius 2 is 0.800 bits per heavy atom. The lowest BCUT2D eigenvalue weighted by Gasteiger charge is -2.27. The average molecular weight is 640 g/mol. The zero-order valence-electron chi connectivity index (χ0n) is 27.4. The fourth-order valence-corrected chi connectivity index (χ4v) is 6.92. The number of furan rings is 1. The molecule has 0 radical (unpaired) electrons. The van der Waals surface area contributed by atoms with Gasteiger partial charge >= 0.3 is 0 Å². The van der Waals surface area contributed by atoms with E-state index in [1.54, 1.807) is 0 Å². The zero-order valence-corrected chi connectivity index (χ0v) is 27.4. The molecule has 0 aliphatic rings. The summed E-state index contributed by atoms with van der Waals surface area (Å²) in [5, 5.41) is 3.53. The minimum Gasteiger partial charge on any atom is -0.456 e. The molecule has 9 rings (SSSR count). The van der Waals surface area contributed by atoms with Crippen LogP contribution < -0.4 is 4.90 Å². The summed E-state index contributed by atoms with van der Waals surface area (Å²) in [4.78, 5) is 2.36. The van der Waals surface area contributed by atoms with Gasteiger partial charge in [0, 0.05) is 27.7 Å². The molecule has 0 atom stereocenters. The second kappa shape index (κ2) is 12.8. The van der Waals surface area contributed by atoms with E-state index in [9.17, 15) is 0 Å². The van der Waals surface area contributed by atoms with Crippen molar-refractivity contribution in [2.75, 3.05) is 4.90 Å². The van der Waals surface area contributed by atoms with E-state index in [2.05, 4.69) is 187 Å². The number of fused-ring (bicyclic) bond motifs is 2. The predicted octanol–water partition coefficient (Wildman–Crippen LogP) is 13.7. The third kappa shape index (κ3) is 5.63. The fourth-order valence-electron chi connectivity index (χ4n) is 6.92. The van der Waals surface area contributed by atoms with E-state index in [0.717, 1.165) is 50.5 Å². The maximum absolute atomic E-state index is 6.18. The number of para-hydroxylation sites is 1. The van der Waals surface area contributed by atoms with Crippen LogP contribution in [-0.2, 0) is 0 Å². The van der Waals surface area contributed by atoms with E-state index < -0.39 is 0 Å². The SMILES string of the molecule is c1ccc(-c2cccc(-c3ccc(N(c4ccc(-c5cccc(-c6cc7ccccc7o6)c5)cc4)c4cccc5ccccc45)cc3)c2)cc1. The van der Waals surface area contributed by atoms with Crippen LogP contribution in [0.1, 0.15) is 0 Å². The number of hydrogen-bond acceptors (Lipinski definition) is 2. The number of benzene rings is 8. The standard InChI is InChI=1S/C48H33NO/c1-2-11-34(12-3-1)38-16-8-17-39(31-38)35-23-27-43(28-24-35)49(46-21-10-15-37-13-4-6-20-45(37)46)44-29-25-36(26-30-44)40-18-9-19-41(32-40)48-33-42-14-5-7-22-47(42)50-48/h1-33H. The monoisotopic (exact) mass is 639 g/mol. The van der Waals surface area contributed by atoms with Gasteiger partial charge in [0.05, 0.1) is 5.69 Å². The molecule has 0 fully saturated rings. The van der Waals surface area contributed by atoms with Crippen LogP contribution in [0.4, 0.5) is 17.1 Å². The Morgan fingerprint density at radius 1 is 0.320 bits per heavy atom. The van der Waals surface area contributed by atoms with Crippen molar-refractivity contribution in [3.63, 3.8) is 0 Å². The van der Waals surface area contributed by atoms with Crippen molar-refractivity contribution in [1.29, 1.82) is 0 Å². The summed E-state index contributed by atoms with van der Waals surface area (Å²) < 4.78 is 6.18. The molecule has 0 aliphatic carbocycles. The van der Waals surface area contributed by atoms with E-state index in [0.29, 0.717) is 0 Å². The van der Waals surface area contributed by atoms with Gasteiger partial charge in [-0.15, -0.1) is 0 Å². The van der Waals surface area contributed by atoms with E-state index in [1.165, 1.54) is 33.0 Å². The van der Waals surface area contributed by atoms with Crippen LogP contribution in [0.3, 0.4) is 0 Å². The molecule has 9 aromatic rings. The highest BCUT2D eigenvalue weighted by Gasteiger charge is 2.16. The Kier molecular flexibility index (Phi) is 7.53. The molecule has 50 heavy (non-hydrogen) atoms. The van der Waals surface area contributed by atoms with Gasteiger partial charge in [-0.25, -0.2) is 0 Å². The Balaban J connectivity index is 1.08. The average Bonchev–Trinajstić information content (AvgIpc) is 3.64. The van der Waals surface area contributed by atoms with Gasteiger partial charge < -0.3 is 9.32 Å². The first kappa shape index (κ1) is 29.5. The Bertz CT molecular complexity index is 2540. The second-order valence-corrected chi connectivity index (χ2v) is 12.6. The van der Waals surface area contributed by atoms with Gasteiger partial charge in [0.2, 0.25) is 0 Å². The number of nitrogens with zero attached hydrogens (tertiary/aromatic N) is 1. The molecule has 1 aromatic heterocycles. The molecule has 0 saturated heterocycles. The predicted molar refractivity (Wildman–Crippen MR) is 210 cm³/mol. The van der Waals surface area contributed by atoms with Gasteiger partial charge in [-0.3, -0.25) is 0 Å². The molecule has 8 aromatic carbocycles. The van der Waals surface area contributed by atoms with Crippen molar-refractivity contribution in [2.24, 2.45) is 0 Å². The van der Waals surface area contributed by atoms with Crippen molar-refractivity contribution < 1.29 is 4.42 Å². The summed E-state index contributed by atoms with van der Waals surface area (Å²) in [7, 11) is 0. The first-order valence-corrected chi connectivity index (χ1v) is 17.0. The summed E-state index contributed by atoms with van der Waals surface area (Å²) in [5.74, 6) is 0.877. The minimum absolute atomic E-state index is 0.877. The Morgan fingerprint density at radius 3 is 1.46 bits per heavy atom. The van der Waals surface area contributed by atoms with Crippen molar-refractivity contribution in [3.05, 3.63) is 200 Å². The molecule has 0 saturated carbocycles. The molecule has 0 unspecified atom stereocenters. The summed E-state index contributed by atoms with van der Waals surface area (Å²) in [6.45, 7) is 0. The van der Waals surface area contributed by atoms with Crippen molar-refractivity contribution in [1.82, 2.24) is 0 Å². The fraction of sp³-hybridized carbons (Fsp3) is 0.